The molecule has 0 radical (unpaired) electrons. The van der Waals surface area contributed by atoms with Gasteiger partial charge in [-0.05, 0) is 23.6 Å². The highest BCUT2D eigenvalue weighted by Gasteiger charge is 1.96. The summed E-state index contributed by atoms with van der Waals surface area (Å²) < 4.78 is 0. The molecule has 1 rings (SSSR count). The Balaban J connectivity index is 2.83. The average molecular weight is 149 g/mol. The van der Waals surface area contributed by atoms with Gasteiger partial charge in [-0.15, -0.1) is 0 Å². The third kappa shape index (κ3) is 1.97. The van der Waals surface area contributed by atoms with Crippen molar-refractivity contribution in [3.8, 4) is 0 Å². The minimum Gasteiger partial charge on any atom is -0.388 e. The fourth-order valence-corrected chi connectivity index (χ4v) is 1.03. The predicted molar refractivity (Wildman–Crippen MR) is 50.1 cm³/mol. The molecule has 0 heterocycles. The van der Waals surface area contributed by atoms with E-state index in [1.54, 1.807) is 0 Å². The summed E-state index contributed by atoms with van der Waals surface area (Å²) >= 11 is 0. The van der Waals surface area contributed by atoms with E-state index in [0.29, 0.717) is 5.92 Å². The van der Waals surface area contributed by atoms with Crippen molar-refractivity contribution < 1.29 is 0 Å². The van der Waals surface area contributed by atoms with Crippen LogP contribution in [-0.2, 0) is 0 Å². The third-order valence-electron chi connectivity index (χ3n) is 1.87. The molecular formula is C10H15N. The summed E-state index contributed by atoms with van der Waals surface area (Å²) in [5.41, 5.74) is 2.57. The molecule has 0 fully saturated rings. The van der Waals surface area contributed by atoms with Crippen LogP contribution in [0.25, 0.3) is 0 Å². The van der Waals surface area contributed by atoms with Crippen LogP contribution in [0.2, 0.25) is 0 Å². The zero-order chi connectivity index (χ0) is 8.27. The lowest BCUT2D eigenvalue weighted by Crippen LogP contribution is -1.90. The fraction of sp³-hybridized carbons (Fsp3) is 0.400. The Labute approximate surface area is 68.4 Å². The first-order chi connectivity index (χ1) is 5.24. The van der Waals surface area contributed by atoms with Crippen molar-refractivity contribution in [3.05, 3.63) is 29.8 Å². The molecule has 0 unspecified atom stereocenters. The van der Waals surface area contributed by atoms with E-state index < -0.39 is 0 Å². The van der Waals surface area contributed by atoms with Crippen LogP contribution in [-0.4, -0.2) is 7.05 Å². The lowest BCUT2D eigenvalue weighted by Gasteiger charge is -2.05. The number of benzene rings is 1. The highest BCUT2D eigenvalue weighted by Crippen LogP contribution is 2.16. The van der Waals surface area contributed by atoms with Gasteiger partial charge in [0.15, 0.2) is 0 Å². The highest BCUT2D eigenvalue weighted by atomic mass is 14.8. The molecule has 1 aromatic rings. The average Bonchev–Trinajstić information content (AvgIpc) is 2.05. The molecule has 11 heavy (non-hydrogen) atoms. The summed E-state index contributed by atoms with van der Waals surface area (Å²) in [5.74, 6) is 0.626. The summed E-state index contributed by atoms with van der Waals surface area (Å²) in [6.45, 7) is 4.41. The maximum Gasteiger partial charge on any atom is 0.0337 e. The van der Waals surface area contributed by atoms with Crippen LogP contribution in [0.5, 0.6) is 0 Å². The maximum atomic E-state index is 3.09. The smallest absolute Gasteiger partial charge is 0.0337 e. The van der Waals surface area contributed by atoms with Gasteiger partial charge in [0, 0.05) is 12.7 Å². The molecule has 0 atom stereocenters. The normalized spacial score (nSPS) is 10.2. The zero-order valence-corrected chi connectivity index (χ0v) is 7.39. The van der Waals surface area contributed by atoms with Gasteiger partial charge in [-0.3, -0.25) is 0 Å². The molecule has 0 aliphatic heterocycles. The van der Waals surface area contributed by atoms with E-state index in [9.17, 15) is 0 Å². The van der Waals surface area contributed by atoms with Crippen LogP contribution in [0.4, 0.5) is 5.69 Å². The van der Waals surface area contributed by atoms with E-state index in [1.807, 2.05) is 7.05 Å². The molecule has 0 bridgehead atoms. The maximum absolute atomic E-state index is 3.09. The van der Waals surface area contributed by atoms with Crippen molar-refractivity contribution in [2.45, 2.75) is 19.8 Å². The Morgan fingerprint density at radius 1 is 1.09 bits per heavy atom. The number of hydrogen-bond acceptors (Lipinski definition) is 1. The fourth-order valence-electron chi connectivity index (χ4n) is 1.03. The van der Waals surface area contributed by atoms with Crippen LogP contribution < -0.4 is 5.32 Å². The van der Waals surface area contributed by atoms with Gasteiger partial charge in [0.1, 0.15) is 0 Å². The highest BCUT2D eigenvalue weighted by molar-refractivity contribution is 5.44. The van der Waals surface area contributed by atoms with Gasteiger partial charge in [0.25, 0.3) is 0 Å². The molecule has 60 valence electrons. The molecule has 0 spiro atoms. The first kappa shape index (κ1) is 8.12. The Morgan fingerprint density at radius 2 is 1.64 bits per heavy atom. The third-order valence-corrected chi connectivity index (χ3v) is 1.87. The lowest BCUT2D eigenvalue weighted by atomic mass is 10.0. The quantitative estimate of drug-likeness (QED) is 0.681. The van der Waals surface area contributed by atoms with Crippen molar-refractivity contribution in [2.75, 3.05) is 12.4 Å². The van der Waals surface area contributed by atoms with E-state index >= 15 is 0 Å². The second kappa shape index (κ2) is 3.42. The molecule has 0 aliphatic carbocycles. The van der Waals surface area contributed by atoms with Crippen LogP contribution in [0.1, 0.15) is 25.3 Å². The lowest BCUT2D eigenvalue weighted by molar-refractivity contribution is 0.867. The Morgan fingerprint density at radius 3 is 2.00 bits per heavy atom. The van der Waals surface area contributed by atoms with Crippen LogP contribution >= 0.6 is 0 Å². The first-order valence-electron chi connectivity index (χ1n) is 4.01. The number of rotatable bonds is 2. The van der Waals surface area contributed by atoms with Gasteiger partial charge in [-0.25, -0.2) is 0 Å². The largest absolute Gasteiger partial charge is 0.388 e. The molecule has 0 aliphatic rings. The summed E-state index contributed by atoms with van der Waals surface area (Å²) in [6, 6.07) is 8.54. The Hall–Kier alpha value is -0.980. The Bertz CT molecular complexity index is 211. The molecule has 1 nitrogen and oxygen atoms in total. The molecule has 1 N–H and O–H groups in total. The first-order valence-corrected chi connectivity index (χ1v) is 4.01. The van der Waals surface area contributed by atoms with Crippen LogP contribution in [0.3, 0.4) is 0 Å². The summed E-state index contributed by atoms with van der Waals surface area (Å²) in [4.78, 5) is 0. The number of hydrogen-bond donors (Lipinski definition) is 1. The summed E-state index contributed by atoms with van der Waals surface area (Å²) in [6.07, 6.45) is 0. The van der Waals surface area contributed by atoms with E-state index in [2.05, 4.69) is 43.4 Å². The molecule has 0 saturated carbocycles. The van der Waals surface area contributed by atoms with Gasteiger partial charge >= 0.3 is 0 Å². The van der Waals surface area contributed by atoms with E-state index in [0.717, 1.165) is 0 Å². The number of anilines is 1. The molecule has 0 saturated heterocycles. The standard InChI is InChI=1S/C10H15N/c1-8(2)9-4-6-10(11-3)7-5-9/h4-8,11H,1-3H3. The van der Waals surface area contributed by atoms with Crippen molar-refractivity contribution in [2.24, 2.45) is 0 Å². The molecule has 0 amide bonds. The molecular weight excluding hydrogens is 134 g/mol. The van der Waals surface area contributed by atoms with Gasteiger partial charge < -0.3 is 5.32 Å². The van der Waals surface area contributed by atoms with E-state index in [4.69, 9.17) is 0 Å². The minimum atomic E-state index is 0.626. The topological polar surface area (TPSA) is 12.0 Å². The SMILES string of the molecule is CNc1ccc(C(C)C)cc1. The number of nitrogens with one attached hydrogen (secondary N) is 1. The van der Waals surface area contributed by atoms with Gasteiger partial charge in [-0.2, -0.15) is 0 Å². The van der Waals surface area contributed by atoms with Crippen LogP contribution in [0.15, 0.2) is 24.3 Å². The molecule has 1 aromatic carbocycles. The predicted octanol–water partition coefficient (Wildman–Crippen LogP) is 2.85. The minimum absolute atomic E-state index is 0.626. The Kier molecular flexibility index (Phi) is 2.53. The monoisotopic (exact) mass is 149 g/mol. The van der Waals surface area contributed by atoms with Gasteiger partial charge in [-0.1, -0.05) is 26.0 Å². The van der Waals surface area contributed by atoms with Crippen molar-refractivity contribution in [3.63, 3.8) is 0 Å². The van der Waals surface area contributed by atoms with E-state index in [-0.39, 0.29) is 0 Å². The second-order valence-electron chi connectivity index (χ2n) is 3.03. The second-order valence-corrected chi connectivity index (χ2v) is 3.03. The molecule has 1 heteroatoms. The van der Waals surface area contributed by atoms with Gasteiger partial charge in [0.2, 0.25) is 0 Å². The van der Waals surface area contributed by atoms with Crippen LogP contribution in [0, 0.1) is 0 Å². The summed E-state index contributed by atoms with van der Waals surface area (Å²) in [5, 5.41) is 3.09. The zero-order valence-electron chi connectivity index (χ0n) is 7.39. The summed E-state index contributed by atoms with van der Waals surface area (Å²) in [7, 11) is 1.93. The van der Waals surface area contributed by atoms with Gasteiger partial charge in [0.05, 0.1) is 0 Å². The van der Waals surface area contributed by atoms with E-state index in [1.165, 1.54) is 11.3 Å². The molecule has 0 aromatic heterocycles. The van der Waals surface area contributed by atoms with Crippen molar-refractivity contribution in [1.82, 2.24) is 0 Å². The van der Waals surface area contributed by atoms with Crippen molar-refractivity contribution >= 4 is 5.69 Å². The van der Waals surface area contributed by atoms with Crippen molar-refractivity contribution in [1.29, 1.82) is 0 Å².